The molecular formula is C13H19ClN2O. The molecule has 1 rings (SSSR count). The second-order valence-electron chi connectivity index (χ2n) is 4.54. The number of nitrogens with one attached hydrogen (secondary N) is 1. The molecule has 1 unspecified atom stereocenters. The number of nitrogens with two attached hydrogens (primary N) is 1. The van der Waals surface area contributed by atoms with Crippen LogP contribution in [-0.2, 0) is 0 Å². The van der Waals surface area contributed by atoms with Crippen molar-refractivity contribution in [3.05, 3.63) is 34.3 Å². The molecule has 0 fully saturated rings. The summed E-state index contributed by atoms with van der Waals surface area (Å²) >= 11 is 6.04. The Morgan fingerprint density at radius 3 is 2.59 bits per heavy atom. The smallest absolute Gasteiger partial charge is 0.253 e. The van der Waals surface area contributed by atoms with Crippen molar-refractivity contribution in [1.82, 2.24) is 5.32 Å². The van der Waals surface area contributed by atoms with Crippen molar-refractivity contribution in [3.8, 4) is 0 Å². The van der Waals surface area contributed by atoms with Crippen LogP contribution < -0.4 is 11.1 Å². The van der Waals surface area contributed by atoms with Crippen LogP contribution >= 0.6 is 11.6 Å². The maximum absolute atomic E-state index is 12.0. The van der Waals surface area contributed by atoms with Gasteiger partial charge < -0.3 is 11.1 Å². The van der Waals surface area contributed by atoms with Gasteiger partial charge in [-0.3, -0.25) is 4.79 Å². The third-order valence-electron chi connectivity index (χ3n) is 2.74. The van der Waals surface area contributed by atoms with E-state index in [2.05, 4.69) is 5.32 Å². The van der Waals surface area contributed by atoms with Crippen molar-refractivity contribution in [1.29, 1.82) is 0 Å². The summed E-state index contributed by atoms with van der Waals surface area (Å²) in [5.74, 6) is 0.132. The van der Waals surface area contributed by atoms with Gasteiger partial charge in [-0.2, -0.15) is 0 Å². The predicted octanol–water partition coefficient (Wildman–Crippen LogP) is 2.36. The summed E-state index contributed by atoms with van der Waals surface area (Å²) in [7, 11) is 0. The molecule has 1 atom stereocenters. The van der Waals surface area contributed by atoms with E-state index in [9.17, 15) is 4.79 Å². The number of hydrogen-bond donors (Lipinski definition) is 2. The van der Waals surface area contributed by atoms with Crippen LogP contribution in [0.15, 0.2) is 18.2 Å². The van der Waals surface area contributed by atoms with Crippen LogP contribution in [0.2, 0.25) is 5.02 Å². The Morgan fingerprint density at radius 2 is 2.12 bits per heavy atom. The van der Waals surface area contributed by atoms with Crippen LogP contribution in [0.25, 0.3) is 0 Å². The first-order chi connectivity index (χ1) is 7.95. The van der Waals surface area contributed by atoms with Crippen molar-refractivity contribution in [2.75, 3.05) is 6.54 Å². The molecule has 0 aromatic heterocycles. The third kappa shape index (κ3) is 3.72. The first kappa shape index (κ1) is 14.0. The molecular weight excluding hydrogens is 236 g/mol. The third-order valence-corrected chi connectivity index (χ3v) is 3.06. The quantitative estimate of drug-likeness (QED) is 0.867. The lowest BCUT2D eigenvalue weighted by atomic mass is 10.0. The van der Waals surface area contributed by atoms with Gasteiger partial charge in [-0.25, -0.2) is 0 Å². The molecule has 0 aliphatic carbocycles. The van der Waals surface area contributed by atoms with Gasteiger partial charge in [0.25, 0.3) is 5.91 Å². The summed E-state index contributed by atoms with van der Waals surface area (Å²) < 4.78 is 0. The minimum atomic E-state index is -0.167. The van der Waals surface area contributed by atoms with E-state index in [4.69, 9.17) is 17.3 Å². The number of halogens is 1. The number of amides is 1. The average Bonchev–Trinajstić information content (AvgIpc) is 2.24. The van der Waals surface area contributed by atoms with Gasteiger partial charge >= 0.3 is 0 Å². The van der Waals surface area contributed by atoms with Gasteiger partial charge in [-0.1, -0.05) is 31.5 Å². The van der Waals surface area contributed by atoms with E-state index < -0.39 is 0 Å². The highest BCUT2D eigenvalue weighted by Gasteiger charge is 2.17. The summed E-state index contributed by atoms with van der Waals surface area (Å²) in [6, 6.07) is 5.36. The molecule has 0 saturated carbocycles. The fourth-order valence-corrected chi connectivity index (χ4v) is 1.87. The van der Waals surface area contributed by atoms with Crippen LogP contribution in [0.4, 0.5) is 0 Å². The lowest BCUT2D eigenvalue weighted by molar-refractivity contribution is 0.0928. The van der Waals surface area contributed by atoms with Crippen LogP contribution in [0.5, 0.6) is 0 Å². The minimum Gasteiger partial charge on any atom is -0.348 e. The van der Waals surface area contributed by atoms with Crippen LogP contribution in [0.1, 0.15) is 29.8 Å². The van der Waals surface area contributed by atoms with Gasteiger partial charge in [-0.15, -0.1) is 0 Å². The Hall–Kier alpha value is -1.06. The number of hydrogen-bond acceptors (Lipinski definition) is 2. The highest BCUT2D eigenvalue weighted by Crippen LogP contribution is 2.17. The first-order valence-corrected chi connectivity index (χ1v) is 6.10. The fraction of sp³-hybridized carbons (Fsp3) is 0.462. The second-order valence-corrected chi connectivity index (χ2v) is 4.95. The van der Waals surface area contributed by atoms with Gasteiger partial charge in [-0.05, 0) is 30.5 Å². The maximum atomic E-state index is 12.0. The molecule has 1 aromatic rings. The van der Waals surface area contributed by atoms with E-state index in [1.54, 1.807) is 12.1 Å². The van der Waals surface area contributed by atoms with Crippen molar-refractivity contribution in [2.45, 2.75) is 26.8 Å². The average molecular weight is 255 g/mol. The molecule has 0 aliphatic heterocycles. The Morgan fingerprint density at radius 1 is 1.47 bits per heavy atom. The summed E-state index contributed by atoms with van der Waals surface area (Å²) in [5, 5.41) is 3.37. The van der Waals surface area contributed by atoms with E-state index >= 15 is 0 Å². The summed E-state index contributed by atoms with van der Waals surface area (Å²) in [5.41, 5.74) is 7.14. The molecule has 0 aliphatic rings. The molecule has 1 aromatic carbocycles. The van der Waals surface area contributed by atoms with Crippen molar-refractivity contribution in [2.24, 2.45) is 11.7 Å². The Labute approximate surface area is 107 Å². The summed E-state index contributed by atoms with van der Waals surface area (Å²) in [6.07, 6.45) is 0. The van der Waals surface area contributed by atoms with Crippen molar-refractivity contribution >= 4 is 17.5 Å². The monoisotopic (exact) mass is 254 g/mol. The SMILES string of the molecule is Cc1ccc(C(=O)NC(CN)C(C)C)c(Cl)c1. The van der Waals surface area contributed by atoms with Gasteiger partial charge in [0.1, 0.15) is 0 Å². The lowest BCUT2D eigenvalue weighted by Crippen LogP contribution is -2.43. The van der Waals surface area contributed by atoms with E-state index in [1.165, 1.54) is 0 Å². The van der Waals surface area contributed by atoms with E-state index in [1.807, 2.05) is 26.8 Å². The highest BCUT2D eigenvalue weighted by atomic mass is 35.5. The molecule has 94 valence electrons. The molecule has 3 nitrogen and oxygen atoms in total. The normalized spacial score (nSPS) is 12.6. The molecule has 0 heterocycles. The molecule has 17 heavy (non-hydrogen) atoms. The molecule has 1 amide bonds. The zero-order valence-corrected chi connectivity index (χ0v) is 11.2. The maximum Gasteiger partial charge on any atom is 0.253 e. The number of carbonyl (C=O) groups excluding carboxylic acids is 1. The summed E-state index contributed by atoms with van der Waals surface area (Å²) in [4.78, 5) is 12.0. The minimum absolute atomic E-state index is 0.0279. The van der Waals surface area contributed by atoms with E-state index in [0.717, 1.165) is 5.56 Å². The molecule has 0 saturated heterocycles. The largest absolute Gasteiger partial charge is 0.348 e. The molecule has 0 spiro atoms. The van der Waals surface area contributed by atoms with E-state index in [0.29, 0.717) is 23.0 Å². The zero-order chi connectivity index (χ0) is 13.0. The van der Waals surface area contributed by atoms with Crippen molar-refractivity contribution in [3.63, 3.8) is 0 Å². The zero-order valence-electron chi connectivity index (χ0n) is 10.5. The Kier molecular flexibility index (Phi) is 4.97. The highest BCUT2D eigenvalue weighted by molar-refractivity contribution is 6.33. The van der Waals surface area contributed by atoms with Gasteiger partial charge in [0.05, 0.1) is 10.6 Å². The molecule has 0 bridgehead atoms. The lowest BCUT2D eigenvalue weighted by Gasteiger charge is -2.20. The van der Waals surface area contributed by atoms with Gasteiger partial charge in [0, 0.05) is 12.6 Å². The van der Waals surface area contributed by atoms with Crippen molar-refractivity contribution < 1.29 is 4.79 Å². The predicted molar refractivity (Wildman–Crippen MR) is 71.3 cm³/mol. The first-order valence-electron chi connectivity index (χ1n) is 5.72. The molecule has 3 N–H and O–H groups in total. The molecule has 0 radical (unpaired) electrons. The van der Waals surface area contributed by atoms with Gasteiger partial charge in [0.15, 0.2) is 0 Å². The standard InChI is InChI=1S/C13H19ClN2O/c1-8(2)12(7-15)16-13(17)10-5-4-9(3)6-11(10)14/h4-6,8,12H,7,15H2,1-3H3,(H,16,17). The topological polar surface area (TPSA) is 55.1 Å². The Bertz CT molecular complexity index is 404. The van der Waals surface area contributed by atoms with Crippen LogP contribution in [0, 0.1) is 12.8 Å². The van der Waals surface area contributed by atoms with Crippen LogP contribution in [0.3, 0.4) is 0 Å². The van der Waals surface area contributed by atoms with Gasteiger partial charge in [0.2, 0.25) is 0 Å². The van der Waals surface area contributed by atoms with Crippen LogP contribution in [-0.4, -0.2) is 18.5 Å². The van der Waals surface area contributed by atoms with E-state index in [-0.39, 0.29) is 11.9 Å². The number of aryl methyl sites for hydroxylation is 1. The molecule has 4 heteroatoms. The summed E-state index contributed by atoms with van der Waals surface area (Å²) in [6.45, 7) is 6.40. The second kappa shape index (κ2) is 6.03. The number of carbonyl (C=O) groups is 1. The Balaban J connectivity index is 2.82. The number of benzene rings is 1. The fourth-order valence-electron chi connectivity index (χ4n) is 1.55. The number of rotatable bonds is 4.